The molecule has 0 unspecified atom stereocenters. The Labute approximate surface area is 893 Å². The fourth-order valence-electron chi connectivity index (χ4n) is 8.03. The number of aryl methyl sites for hydroxylation is 1. The molecular formula is C72H63Br4F4I3K4N8O19. The number of alkyl halides is 2. The number of carbonyl (C=O) groups is 4. The van der Waals surface area contributed by atoms with E-state index in [-0.39, 0.29) is 301 Å². The minimum Gasteiger partial charge on any atom is -1.00 e. The number of hydrogen-bond donors (Lipinski definition) is 4. The molecule has 0 saturated carbocycles. The number of aromatic nitrogens is 8. The summed E-state index contributed by atoms with van der Waals surface area (Å²) in [5.41, 5.74) is 4.47. The summed E-state index contributed by atoms with van der Waals surface area (Å²) < 4.78 is 72.1. The van der Waals surface area contributed by atoms with Gasteiger partial charge >= 0.3 is 235 Å². The van der Waals surface area contributed by atoms with Gasteiger partial charge in [-0.2, -0.15) is 0 Å². The van der Waals surface area contributed by atoms with Crippen molar-refractivity contribution in [1.29, 1.82) is 0 Å². The molecule has 586 valence electrons. The molecule has 42 heteroatoms. The predicted octanol–water partition coefficient (Wildman–Crippen LogP) is -1.91. The zero-order valence-electron chi connectivity index (χ0n) is 63.5. The Balaban J connectivity index is -0.000000634. The smallest absolute Gasteiger partial charge is 1.00 e. The minimum atomic E-state index is -0.529. The molecule has 114 heavy (non-hydrogen) atoms. The second kappa shape index (κ2) is 63.2. The number of carbonyl (C=O) groups excluding carboxylic acids is 4. The van der Waals surface area contributed by atoms with E-state index in [1.165, 1.54) is 117 Å². The largest absolute Gasteiger partial charge is 1.00 e. The van der Waals surface area contributed by atoms with E-state index in [2.05, 4.69) is 103 Å². The van der Waals surface area contributed by atoms with Crippen LogP contribution >= 0.6 is 131 Å². The molecule has 5 heterocycles. The van der Waals surface area contributed by atoms with Gasteiger partial charge in [0.05, 0.1) is 78.3 Å². The number of benzene rings is 6. The molecule has 0 aliphatic rings. The van der Waals surface area contributed by atoms with Crippen molar-refractivity contribution >= 4 is 156 Å². The molecule has 11 rings (SSSR count). The Morgan fingerprint density at radius 1 is 0.465 bits per heavy atom. The van der Waals surface area contributed by atoms with Crippen LogP contribution in [0.5, 0.6) is 5.75 Å². The van der Waals surface area contributed by atoms with E-state index in [9.17, 15) is 65.5 Å². The molecule has 6 aromatic carbocycles. The SMILES string of the molecule is COC(=O)c1c[nH]c(=O)c(Br)c1.COC(=O)c1cc(Br)c(=O)n(Cc2ccc(F)cc2)c1.COc1ccc(Cn2cc(I)c(=O)n(Cc3ccc(F)cc3)c2=O)cc1.Cc1ccc(Cn2cc(I)c(=O)[nH]c2=O)cc1.Fc1ccc(CBr)cc1.Fc1ccc(CBr)cc1.O=CO[O-].O=CO[O-].O=c1[nH]cc(I)c(=O)[nH]1.[H-].[H-].[K+].[K+].[K+].[K+]. The Hall–Kier alpha value is -2.76. The third kappa shape index (κ3) is 43.6. The molecule has 0 amide bonds. The van der Waals surface area contributed by atoms with Crippen molar-refractivity contribution in [2.24, 2.45) is 0 Å². The maximum atomic E-state index is 13.1. The van der Waals surface area contributed by atoms with E-state index >= 15 is 0 Å². The maximum absolute atomic E-state index is 13.1. The first-order valence-corrected chi connectivity index (χ1v) is 37.6. The van der Waals surface area contributed by atoms with Crippen molar-refractivity contribution in [1.82, 2.24) is 38.2 Å². The average Bonchev–Trinajstić information content (AvgIpc) is 0.811. The van der Waals surface area contributed by atoms with Gasteiger partial charge in [0.2, 0.25) is 0 Å². The van der Waals surface area contributed by atoms with E-state index < -0.39 is 23.3 Å². The van der Waals surface area contributed by atoms with Crippen LogP contribution in [-0.2, 0) is 65.7 Å². The number of hydrogen-bond acceptors (Lipinski definition) is 19. The van der Waals surface area contributed by atoms with Crippen molar-refractivity contribution in [3.8, 4) is 5.75 Å². The van der Waals surface area contributed by atoms with Gasteiger partial charge in [-0.25, -0.2) is 41.5 Å². The van der Waals surface area contributed by atoms with Crippen LogP contribution in [0.1, 0.15) is 62.5 Å². The van der Waals surface area contributed by atoms with E-state index in [1.54, 1.807) is 68.0 Å². The number of halogens is 11. The maximum Gasteiger partial charge on any atom is 1.00 e. The Morgan fingerprint density at radius 3 is 1.25 bits per heavy atom. The Morgan fingerprint density at radius 2 is 0.842 bits per heavy atom. The second-order valence-electron chi connectivity index (χ2n) is 21.1. The number of esters is 2. The average molecular weight is 2280 g/mol. The third-order valence-corrected chi connectivity index (χ3v) is 18.2. The number of methoxy groups -OCH3 is 3. The summed E-state index contributed by atoms with van der Waals surface area (Å²) in [6.07, 6.45) is 7.21. The quantitative estimate of drug-likeness (QED) is 0.0127. The van der Waals surface area contributed by atoms with Crippen LogP contribution in [-0.4, -0.2) is 84.4 Å². The molecule has 0 bridgehead atoms. The van der Waals surface area contributed by atoms with Gasteiger partial charge in [0.25, 0.3) is 40.7 Å². The molecule has 0 radical (unpaired) electrons. The molecular weight excluding hydrogens is 2210 g/mol. The molecule has 0 spiro atoms. The fourth-order valence-corrected chi connectivity index (χ4v) is 11.0. The van der Waals surface area contributed by atoms with Gasteiger partial charge in [0.15, 0.2) is 0 Å². The molecule has 27 nitrogen and oxygen atoms in total. The number of rotatable bonds is 15. The van der Waals surface area contributed by atoms with Crippen LogP contribution in [0.15, 0.2) is 236 Å². The van der Waals surface area contributed by atoms with Crippen LogP contribution in [0.4, 0.5) is 17.6 Å². The number of H-pyrrole nitrogens is 4. The molecule has 5 aromatic heterocycles. The number of ether oxygens (including phenoxy) is 3. The van der Waals surface area contributed by atoms with Gasteiger partial charge in [0, 0.05) is 41.6 Å². The molecule has 11 aromatic rings. The molecule has 0 aliphatic heterocycles. The monoisotopic (exact) mass is 2270 g/mol. The first-order valence-electron chi connectivity index (χ1n) is 30.5. The number of aromatic amines is 4. The van der Waals surface area contributed by atoms with Crippen molar-refractivity contribution in [2.75, 3.05) is 21.3 Å². The predicted molar refractivity (Wildman–Crippen MR) is 436 cm³/mol. The Bertz CT molecular complexity index is 5260. The van der Waals surface area contributed by atoms with Crippen LogP contribution in [0.25, 0.3) is 0 Å². The van der Waals surface area contributed by atoms with Gasteiger partial charge in [-0.3, -0.25) is 57.2 Å². The van der Waals surface area contributed by atoms with Crippen LogP contribution < -0.4 is 266 Å². The summed E-state index contributed by atoms with van der Waals surface area (Å²) in [6, 6.07) is 42.5. The standard InChI is InChI=1S/C19H16FIN2O3.C14H11BrFNO3.C12H11IN2O2.2C7H6BrF.C7H6BrNO3.C4H3IN2O2.2CH2O3.4K.2H/c1-26-16-8-4-13(5-9-16)10-22-12-17(21)18(24)23(19(22)25)11-14-2-6-15(20)7-3-14;1-20-14(19)10-6-12(15)13(18)17(8-10)7-9-2-4-11(16)5-3-9;1-8-2-4-9(5-3-8)6-15-7-10(13)11(16)14-12(15)17;2*8-5-6-1-3-7(9)4-2-6;1-12-7(11)4-2-5(8)6(10)9-3-4;5-2-1-6-4(9)7-3(2)8;2*2-1-4-3;;;;;;/h2-9,12H,10-11H2,1H3;2-6,8H,7H2,1H3;2-5,7H,6H2,1H3,(H,14,16,17);2*1-4H,5H2;2-3H,1H3,(H,9,10);1H,(H2,6,7,8,9);2*1,3H;;;;;;/q;;;;;;;;;4*+1;2*-1/p-2. The van der Waals surface area contributed by atoms with Gasteiger partial charge in [-0.1, -0.05) is 122 Å². The topological polar surface area (TPSA) is 380 Å². The first-order chi connectivity index (χ1) is 52.4. The van der Waals surface area contributed by atoms with Crippen LogP contribution in [0.2, 0.25) is 0 Å². The third-order valence-electron chi connectivity index (χ3n) is 13.4. The summed E-state index contributed by atoms with van der Waals surface area (Å²) in [7, 11) is 4.14. The van der Waals surface area contributed by atoms with Gasteiger partial charge in [0.1, 0.15) is 29.0 Å². The summed E-state index contributed by atoms with van der Waals surface area (Å²) in [5.74, 6) is -1.34. The molecule has 0 atom stereocenters. The molecule has 0 saturated heterocycles. The Kier molecular flexibility index (Phi) is 62.8. The zero-order chi connectivity index (χ0) is 82.0. The van der Waals surface area contributed by atoms with E-state index in [0.29, 0.717) is 39.4 Å². The molecule has 0 aliphatic carbocycles. The zero-order valence-corrected chi connectivity index (χ0v) is 86.8. The van der Waals surface area contributed by atoms with Crippen LogP contribution in [0, 0.1) is 40.9 Å². The van der Waals surface area contributed by atoms with Gasteiger partial charge in [-0.15, -0.1) is 0 Å². The van der Waals surface area contributed by atoms with Crippen molar-refractivity contribution in [3.05, 3.63) is 365 Å². The normalized spacial score (nSPS) is 9.45. The van der Waals surface area contributed by atoms with Crippen molar-refractivity contribution in [3.63, 3.8) is 0 Å². The second-order valence-corrected chi connectivity index (χ2v) is 27.4. The van der Waals surface area contributed by atoms with Crippen molar-refractivity contribution in [2.45, 2.75) is 43.8 Å². The van der Waals surface area contributed by atoms with Crippen LogP contribution in [0.3, 0.4) is 0 Å². The van der Waals surface area contributed by atoms with E-state index in [0.717, 1.165) is 44.2 Å². The number of pyridine rings is 2. The van der Waals surface area contributed by atoms with Crippen molar-refractivity contribution < 1.29 is 280 Å². The number of nitrogens with zero attached hydrogens (tertiary/aromatic N) is 4. The summed E-state index contributed by atoms with van der Waals surface area (Å²) in [5, 5.41) is 18.4. The van der Waals surface area contributed by atoms with Gasteiger partial charge in [-0.05, 0) is 213 Å². The summed E-state index contributed by atoms with van der Waals surface area (Å²) in [4.78, 5) is 146. The fraction of sp³-hybridized carbons (Fsp3) is 0.139. The van der Waals surface area contributed by atoms with E-state index in [1.807, 2.05) is 123 Å². The first kappa shape index (κ1) is 113. The van der Waals surface area contributed by atoms with Gasteiger partial charge < -0.3 is 51.9 Å². The molecule has 0 fully saturated rings. The summed E-state index contributed by atoms with van der Waals surface area (Å²) in [6.45, 7) is 2.78. The summed E-state index contributed by atoms with van der Waals surface area (Å²) >= 11 is 18.3. The number of nitrogens with one attached hydrogen (secondary N) is 4. The minimum absolute atomic E-state index is 0. The molecule has 4 N–H and O–H groups in total. The van der Waals surface area contributed by atoms with E-state index in [4.69, 9.17) is 24.8 Å².